The molecule has 0 amide bonds. The minimum absolute atomic E-state index is 0.138. The van der Waals surface area contributed by atoms with E-state index in [1.165, 1.54) is 29.9 Å². The fraction of sp³-hybridized carbons (Fsp3) is 0.0909. The summed E-state index contributed by atoms with van der Waals surface area (Å²) in [4.78, 5) is 21.6. The van der Waals surface area contributed by atoms with Gasteiger partial charge in [-0.2, -0.15) is 5.10 Å². The zero-order valence-corrected chi connectivity index (χ0v) is 9.03. The smallest absolute Gasteiger partial charge is 0.295 e. The highest BCUT2D eigenvalue weighted by atomic mass is 16.6. The second-order valence-corrected chi connectivity index (χ2v) is 3.47. The van der Waals surface area contributed by atoms with E-state index in [-0.39, 0.29) is 11.5 Å². The SMILES string of the molecule is CC(=O)c1ccc(-n2cccn2)c([N+](=O)[O-])c1. The molecule has 2 aromatic rings. The van der Waals surface area contributed by atoms with Gasteiger partial charge in [-0.3, -0.25) is 14.9 Å². The summed E-state index contributed by atoms with van der Waals surface area (Å²) in [6.07, 6.45) is 3.14. The van der Waals surface area contributed by atoms with Crippen molar-refractivity contribution in [3.05, 3.63) is 52.3 Å². The molecule has 0 radical (unpaired) electrons. The van der Waals surface area contributed by atoms with Crippen molar-refractivity contribution in [3.8, 4) is 5.69 Å². The van der Waals surface area contributed by atoms with Crippen LogP contribution in [0.5, 0.6) is 0 Å². The number of hydrogen-bond acceptors (Lipinski definition) is 4. The molecule has 0 unspecified atom stereocenters. The summed E-state index contributed by atoms with van der Waals surface area (Å²) in [5.41, 5.74) is 0.513. The van der Waals surface area contributed by atoms with Crippen LogP contribution in [0.15, 0.2) is 36.7 Å². The number of nitro benzene ring substituents is 1. The Morgan fingerprint density at radius 1 is 1.47 bits per heavy atom. The lowest BCUT2D eigenvalue weighted by molar-refractivity contribution is -0.384. The molecule has 1 aromatic carbocycles. The molecule has 6 heteroatoms. The van der Waals surface area contributed by atoms with Gasteiger partial charge < -0.3 is 0 Å². The van der Waals surface area contributed by atoms with Gasteiger partial charge in [-0.15, -0.1) is 0 Å². The number of ketones is 1. The number of carbonyl (C=O) groups is 1. The van der Waals surface area contributed by atoms with E-state index in [1.807, 2.05) is 0 Å². The van der Waals surface area contributed by atoms with Crippen LogP contribution >= 0.6 is 0 Å². The molecule has 86 valence electrons. The maximum atomic E-state index is 11.2. The Hall–Kier alpha value is -2.50. The third-order valence-corrected chi connectivity index (χ3v) is 2.33. The van der Waals surface area contributed by atoms with Crippen LogP contribution in [-0.4, -0.2) is 20.5 Å². The highest BCUT2D eigenvalue weighted by Crippen LogP contribution is 2.23. The number of nitro groups is 1. The minimum atomic E-state index is -0.524. The second kappa shape index (κ2) is 4.17. The van der Waals surface area contributed by atoms with Gasteiger partial charge in [-0.1, -0.05) is 0 Å². The molecule has 0 bridgehead atoms. The van der Waals surface area contributed by atoms with E-state index in [9.17, 15) is 14.9 Å². The Morgan fingerprint density at radius 2 is 2.24 bits per heavy atom. The van der Waals surface area contributed by atoms with Crippen molar-refractivity contribution < 1.29 is 9.72 Å². The zero-order valence-electron chi connectivity index (χ0n) is 9.03. The summed E-state index contributed by atoms with van der Waals surface area (Å²) in [6.45, 7) is 1.37. The summed E-state index contributed by atoms with van der Waals surface area (Å²) in [5.74, 6) is -0.208. The average Bonchev–Trinajstić information content (AvgIpc) is 2.81. The third kappa shape index (κ3) is 2.05. The summed E-state index contributed by atoms with van der Waals surface area (Å²) < 4.78 is 1.39. The Morgan fingerprint density at radius 3 is 2.76 bits per heavy atom. The molecule has 1 heterocycles. The maximum absolute atomic E-state index is 11.2. The molecule has 0 saturated heterocycles. The average molecular weight is 231 g/mol. The molecular weight excluding hydrogens is 222 g/mol. The first-order chi connectivity index (χ1) is 8.09. The quantitative estimate of drug-likeness (QED) is 0.459. The molecule has 0 atom stereocenters. The van der Waals surface area contributed by atoms with E-state index in [1.54, 1.807) is 18.3 Å². The van der Waals surface area contributed by atoms with Crippen molar-refractivity contribution in [2.24, 2.45) is 0 Å². The summed E-state index contributed by atoms with van der Waals surface area (Å²) in [7, 11) is 0. The lowest BCUT2D eigenvalue weighted by atomic mass is 10.1. The highest BCUT2D eigenvalue weighted by Gasteiger charge is 2.17. The molecule has 0 fully saturated rings. The van der Waals surface area contributed by atoms with E-state index in [0.717, 1.165) is 0 Å². The number of benzene rings is 1. The first-order valence-corrected chi connectivity index (χ1v) is 4.89. The maximum Gasteiger partial charge on any atom is 0.295 e. The third-order valence-electron chi connectivity index (χ3n) is 2.33. The predicted octanol–water partition coefficient (Wildman–Crippen LogP) is 1.98. The number of aromatic nitrogens is 2. The minimum Gasteiger partial charge on any atom is -0.295 e. The van der Waals surface area contributed by atoms with Gasteiger partial charge in [0.2, 0.25) is 0 Å². The van der Waals surface area contributed by atoms with Gasteiger partial charge >= 0.3 is 0 Å². The summed E-state index contributed by atoms with van der Waals surface area (Å²) in [6, 6.07) is 6.00. The van der Waals surface area contributed by atoms with E-state index < -0.39 is 4.92 Å². The van der Waals surface area contributed by atoms with Gasteiger partial charge in [0.15, 0.2) is 5.78 Å². The summed E-state index contributed by atoms with van der Waals surface area (Å²) in [5, 5.41) is 14.9. The normalized spacial score (nSPS) is 10.2. The van der Waals surface area contributed by atoms with Crippen LogP contribution in [0.2, 0.25) is 0 Å². The molecule has 0 saturated carbocycles. The first kappa shape index (κ1) is 11.0. The van der Waals surface area contributed by atoms with Crippen LogP contribution in [-0.2, 0) is 0 Å². The molecule has 0 spiro atoms. The lowest BCUT2D eigenvalue weighted by Gasteiger charge is -2.04. The van der Waals surface area contributed by atoms with Crippen molar-refractivity contribution >= 4 is 11.5 Å². The Labute approximate surface area is 96.6 Å². The highest BCUT2D eigenvalue weighted by molar-refractivity contribution is 5.95. The molecule has 0 N–H and O–H groups in total. The number of carbonyl (C=O) groups excluding carboxylic acids is 1. The summed E-state index contributed by atoms with van der Waals surface area (Å²) >= 11 is 0. The number of nitrogens with zero attached hydrogens (tertiary/aromatic N) is 3. The van der Waals surface area contributed by atoms with Crippen molar-refractivity contribution in [1.82, 2.24) is 9.78 Å². The van der Waals surface area contributed by atoms with Crippen LogP contribution < -0.4 is 0 Å². The molecule has 2 rings (SSSR count). The lowest BCUT2D eigenvalue weighted by Crippen LogP contribution is -2.03. The van der Waals surface area contributed by atoms with Gasteiger partial charge in [-0.05, 0) is 25.1 Å². The Balaban J connectivity index is 2.61. The van der Waals surface area contributed by atoms with Gasteiger partial charge in [0.1, 0.15) is 5.69 Å². The van der Waals surface area contributed by atoms with Crippen molar-refractivity contribution in [2.75, 3.05) is 0 Å². The van der Waals surface area contributed by atoms with Gasteiger partial charge in [0.25, 0.3) is 5.69 Å². The van der Waals surface area contributed by atoms with Crippen LogP contribution in [0.4, 0.5) is 5.69 Å². The molecule has 0 aliphatic heterocycles. The van der Waals surface area contributed by atoms with Crippen LogP contribution in [0.3, 0.4) is 0 Å². The molecule has 1 aromatic heterocycles. The monoisotopic (exact) mass is 231 g/mol. The van der Waals surface area contributed by atoms with E-state index in [2.05, 4.69) is 5.10 Å². The second-order valence-electron chi connectivity index (χ2n) is 3.47. The van der Waals surface area contributed by atoms with Crippen molar-refractivity contribution in [2.45, 2.75) is 6.92 Å². The fourth-order valence-electron chi connectivity index (χ4n) is 1.49. The zero-order chi connectivity index (χ0) is 12.4. The molecule has 17 heavy (non-hydrogen) atoms. The van der Waals surface area contributed by atoms with E-state index in [0.29, 0.717) is 11.3 Å². The molecule has 6 nitrogen and oxygen atoms in total. The van der Waals surface area contributed by atoms with Crippen molar-refractivity contribution in [1.29, 1.82) is 0 Å². The number of Topliss-reactive ketones (excluding diaryl/α,β-unsaturated/α-hetero) is 1. The molecule has 0 aliphatic rings. The largest absolute Gasteiger partial charge is 0.295 e. The number of hydrogen-bond donors (Lipinski definition) is 0. The van der Waals surface area contributed by atoms with Crippen LogP contribution in [0, 0.1) is 10.1 Å². The molecular formula is C11H9N3O3. The van der Waals surface area contributed by atoms with Crippen LogP contribution in [0.1, 0.15) is 17.3 Å². The number of rotatable bonds is 3. The Bertz CT molecular complexity index is 576. The fourth-order valence-corrected chi connectivity index (χ4v) is 1.49. The van der Waals surface area contributed by atoms with Crippen LogP contribution in [0.25, 0.3) is 5.69 Å². The van der Waals surface area contributed by atoms with Gasteiger partial charge in [0, 0.05) is 24.0 Å². The predicted molar refractivity (Wildman–Crippen MR) is 60.2 cm³/mol. The first-order valence-electron chi connectivity index (χ1n) is 4.89. The molecule has 0 aliphatic carbocycles. The standard InChI is InChI=1S/C11H9N3O3/c1-8(15)9-3-4-10(11(7-9)14(16)17)13-6-2-5-12-13/h2-7H,1H3. The topological polar surface area (TPSA) is 78.0 Å². The van der Waals surface area contributed by atoms with E-state index >= 15 is 0 Å². The Kier molecular flexibility index (Phi) is 2.70. The van der Waals surface area contributed by atoms with Gasteiger partial charge in [-0.25, -0.2) is 4.68 Å². The van der Waals surface area contributed by atoms with Gasteiger partial charge in [0.05, 0.1) is 4.92 Å². The van der Waals surface area contributed by atoms with Crippen molar-refractivity contribution in [3.63, 3.8) is 0 Å². The van der Waals surface area contributed by atoms with E-state index in [4.69, 9.17) is 0 Å².